The van der Waals surface area contributed by atoms with E-state index in [1.54, 1.807) is 6.08 Å². The Morgan fingerprint density at radius 3 is 2.60 bits per heavy atom. The standard InChI is InChI=1S/C8H12O2/c9-7-3-6-8(10-7)4-1-2-5-8/h3,6-7,9H,1-2,4-5H2. The Bertz CT molecular complexity index is 157. The fourth-order valence-electron chi connectivity index (χ4n) is 1.83. The molecule has 1 saturated carbocycles. The normalized spacial score (nSPS) is 35.9. The van der Waals surface area contributed by atoms with Crippen molar-refractivity contribution in [1.29, 1.82) is 0 Å². The van der Waals surface area contributed by atoms with Crippen molar-refractivity contribution < 1.29 is 9.84 Å². The maximum Gasteiger partial charge on any atom is 0.175 e. The van der Waals surface area contributed by atoms with Crippen LogP contribution in [0.25, 0.3) is 0 Å². The zero-order valence-corrected chi connectivity index (χ0v) is 5.92. The molecular formula is C8H12O2. The highest BCUT2D eigenvalue weighted by atomic mass is 16.6. The van der Waals surface area contributed by atoms with Crippen LogP contribution < -0.4 is 0 Å². The molecule has 2 heteroatoms. The highest BCUT2D eigenvalue weighted by Gasteiger charge is 2.37. The largest absolute Gasteiger partial charge is 0.365 e. The van der Waals surface area contributed by atoms with Crippen molar-refractivity contribution in [1.82, 2.24) is 0 Å². The smallest absolute Gasteiger partial charge is 0.175 e. The van der Waals surface area contributed by atoms with Crippen molar-refractivity contribution in [3.05, 3.63) is 12.2 Å². The van der Waals surface area contributed by atoms with Crippen LogP contribution in [0, 0.1) is 0 Å². The van der Waals surface area contributed by atoms with Crippen LogP contribution in [0.1, 0.15) is 25.7 Å². The van der Waals surface area contributed by atoms with Crippen molar-refractivity contribution >= 4 is 0 Å². The molecule has 1 fully saturated rings. The molecule has 2 nitrogen and oxygen atoms in total. The summed E-state index contributed by atoms with van der Waals surface area (Å²) in [5, 5.41) is 9.05. The van der Waals surface area contributed by atoms with E-state index in [1.165, 1.54) is 12.8 Å². The predicted octanol–water partition coefficient (Wildman–Crippen LogP) is 1.20. The summed E-state index contributed by atoms with van der Waals surface area (Å²) in [4.78, 5) is 0. The maximum absolute atomic E-state index is 9.05. The molecule has 2 aliphatic rings. The first kappa shape index (κ1) is 6.38. The van der Waals surface area contributed by atoms with Gasteiger partial charge in [-0.15, -0.1) is 0 Å². The van der Waals surface area contributed by atoms with Crippen LogP contribution in [-0.4, -0.2) is 17.0 Å². The number of rotatable bonds is 0. The molecular weight excluding hydrogens is 128 g/mol. The topological polar surface area (TPSA) is 29.5 Å². The fourth-order valence-corrected chi connectivity index (χ4v) is 1.83. The van der Waals surface area contributed by atoms with Gasteiger partial charge in [-0.25, -0.2) is 0 Å². The highest BCUT2D eigenvalue weighted by molar-refractivity contribution is 5.11. The zero-order valence-electron chi connectivity index (χ0n) is 5.92. The molecule has 1 N–H and O–H groups in total. The molecule has 1 heterocycles. The molecule has 2 rings (SSSR count). The monoisotopic (exact) mass is 140 g/mol. The summed E-state index contributed by atoms with van der Waals surface area (Å²) >= 11 is 0. The first-order valence-corrected chi connectivity index (χ1v) is 3.86. The van der Waals surface area contributed by atoms with Crippen LogP contribution >= 0.6 is 0 Å². The van der Waals surface area contributed by atoms with Crippen molar-refractivity contribution in [2.75, 3.05) is 0 Å². The van der Waals surface area contributed by atoms with E-state index in [0.29, 0.717) is 0 Å². The Morgan fingerprint density at radius 1 is 1.40 bits per heavy atom. The number of aliphatic hydroxyl groups is 1. The summed E-state index contributed by atoms with van der Waals surface area (Å²) in [6.45, 7) is 0. The van der Waals surface area contributed by atoms with Gasteiger partial charge in [-0.05, 0) is 18.9 Å². The lowest BCUT2D eigenvalue weighted by Crippen LogP contribution is -2.24. The van der Waals surface area contributed by atoms with Gasteiger partial charge in [0.1, 0.15) is 0 Å². The molecule has 1 atom stereocenters. The molecule has 0 aromatic heterocycles. The third kappa shape index (κ3) is 0.879. The van der Waals surface area contributed by atoms with E-state index < -0.39 is 6.29 Å². The summed E-state index contributed by atoms with van der Waals surface area (Å²) in [6.07, 6.45) is 7.75. The molecule has 56 valence electrons. The Hall–Kier alpha value is -0.340. The van der Waals surface area contributed by atoms with Gasteiger partial charge in [0.2, 0.25) is 0 Å². The molecule has 0 aromatic rings. The molecule has 10 heavy (non-hydrogen) atoms. The van der Waals surface area contributed by atoms with E-state index in [2.05, 4.69) is 0 Å². The first-order chi connectivity index (χ1) is 4.81. The summed E-state index contributed by atoms with van der Waals surface area (Å²) < 4.78 is 5.35. The van der Waals surface area contributed by atoms with Gasteiger partial charge in [0.15, 0.2) is 6.29 Å². The first-order valence-electron chi connectivity index (χ1n) is 3.86. The quantitative estimate of drug-likeness (QED) is 0.512. The second kappa shape index (κ2) is 2.07. The lowest BCUT2D eigenvalue weighted by molar-refractivity contribution is -0.119. The summed E-state index contributed by atoms with van der Waals surface area (Å²) in [6, 6.07) is 0. The van der Waals surface area contributed by atoms with Gasteiger partial charge in [-0.2, -0.15) is 0 Å². The molecule has 0 bridgehead atoms. The zero-order chi connectivity index (χ0) is 7.03. The average molecular weight is 140 g/mol. The van der Waals surface area contributed by atoms with Crippen molar-refractivity contribution in [3.63, 3.8) is 0 Å². The third-order valence-electron chi connectivity index (χ3n) is 2.37. The van der Waals surface area contributed by atoms with Crippen molar-refractivity contribution in [3.8, 4) is 0 Å². The van der Waals surface area contributed by atoms with Crippen LogP contribution in [0.5, 0.6) is 0 Å². The minimum Gasteiger partial charge on any atom is -0.365 e. The highest BCUT2D eigenvalue weighted by Crippen LogP contribution is 2.38. The Labute approximate surface area is 60.5 Å². The number of hydrogen-bond acceptors (Lipinski definition) is 2. The second-order valence-electron chi connectivity index (χ2n) is 3.14. The van der Waals surface area contributed by atoms with Crippen LogP contribution in [0.4, 0.5) is 0 Å². The number of ether oxygens (including phenoxy) is 1. The van der Waals surface area contributed by atoms with Crippen LogP contribution in [0.3, 0.4) is 0 Å². The van der Waals surface area contributed by atoms with Gasteiger partial charge in [-0.1, -0.05) is 18.9 Å². The van der Waals surface area contributed by atoms with E-state index in [4.69, 9.17) is 9.84 Å². The third-order valence-corrected chi connectivity index (χ3v) is 2.37. The lowest BCUT2D eigenvalue weighted by Gasteiger charge is -2.20. The van der Waals surface area contributed by atoms with Crippen LogP contribution in [0.2, 0.25) is 0 Å². The molecule has 0 radical (unpaired) electrons. The van der Waals surface area contributed by atoms with E-state index >= 15 is 0 Å². The van der Waals surface area contributed by atoms with Crippen molar-refractivity contribution in [2.45, 2.75) is 37.6 Å². The van der Waals surface area contributed by atoms with E-state index in [1.807, 2.05) is 6.08 Å². The molecule has 0 aromatic carbocycles. The van der Waals surface area contributed by atoms with Gasteiger partial charge in [0, 0.05) is 0 Å². The van der Waals surface area contributed by atoms with Gasteiger partial charge >= 0.3 is 0 Å². The van der Waals surface area contributed by atoms with Gasteiger partial charge in [-0.3, -0.25) is 0 Å². The molecule has 0 saturated heterocycles. The van der Waals surface area contributed by atoms with E-state index in [0.717, 1.165) is 12.8 Å². The summed E-state index contributed by atoms with van der Waals surface area (Å²) in [5.41, 5.74) is -0.0700. The van der Waals surface area contributed by atoms with Gasteiger partial charge in [0.05, 0.1) is 5.60 Å². The molecule has 1 aliphatic heterocycles. The van der Waals surface area contributed by atoms with Gasteiger partial charge in [0.25, 0.3) is 0 Å². The summed E-state index contributed by atoms with van der Waals surface area (Å²) in [7, 11) is 0. The molecule has 1 unspecified atom stereocenters. The second-order valence-corrected chi connectivity index (χ2v) is 3.14. The Kier molecular flexibility index (Phi) is 1.32. The van der Waals surface area contributed by atoms with E-state index in [-0.39, 0.29) is 5.60 Å². The Balaban J connectivity index is 2.11. The van der Waals surface area contributed by atoms with Crippen molar-refractivity contribution in [2.24, 2.45) is 0 Å². The minimum atomic E-state index is -0.641. The Morgan fingerprint density at radius 2 is 2.10 bits per heavy atom. The SMILES string of the molecule is OC1C=CC2(CCCC2)O1. The molecule has 1 spiro atoms. The average Bonchev–Trinajstić information content (AvgIpc) is 2.46. The minimum absolute atomic E-state index is 0.0700. The summed E-state index contributed by atoms with van der Waals surface area (Å²) in [5.74, 6) is 0. The fraction of sp³-hybridized carbons (Fsp3) is 0.750. The van der Waals surface area contributed by atoms with Crippen LogP contribution in [-0.2, 0) is 4.74 Å². The number of aliphatic hydroxyl groups excluding tert-OH is 1. The van der Waals surface area contributed by atoms with Crippen LogP contribution in [0.15, 0.2) is 12.2 Å². The van der Waals surface area contributed by atoms with Gasteiger partial charge < -0.3 is 9.84 Å². The lowest BCUT2D eigenvalue weighted by atomic mass is 10.0. The predicted molar refractivity (Wildman–Crippen MR) is 37.4 cm³/mol. The molecule has 0 amide bonds. The maximum atomic E-state index is 9.05. The number of hydrogen-bond donors (Lipinski definition) is 1. The van der Waals surface area contributed by atoms with E-state index in [9.17, 15) is 0 Å². The molecule has 1 aliphatic carbocycles.